The van der Waals surface area contributed by atoms with Gasteiger partial charge in [0.25, 0.3) is 0 Å². The molecule has 0 spiro atoms. The fraction of sp³-hybridized carbons (Fsp3) is 0.812. The van der Waals surface area contributed by atoms with Gasteiger partial charge < -0.3 is 10.1 Å². The SMILES string of the molecule is COCC(NC(C)C)(c1nc2c(s1)CCCC2)C(C)C. The van der Waals surface area contributed by atoms with Crippen molar-refractivity contribution in [2.75, 3.05) is 13.7 Å². The maximum absolute atomic E-state index is 5.56. The zero-order valence-corrected chi connectivity index (χ0v) is 14.3. The summed E-state index contributed by atoms with van der Waals surface area (Å²) in [6, 6.07) is 0.411. The van der Waals surface area contributed by atoms with Crippen molar-refractivity contribution in [2.45, 2.75) is 65.0 Å². The number of hydrogen-bond acceptors (Lipinski definition) is 4. The molecule has 20 heavy (non-hydrogen) atoms. The minimum Gasteiger partial charge on any atom is -0.382 e. The van der Waals surface area contributed by atoms with Crippen molar-refractivity contribution in [3.63, 3.8) is 0 Å². The van der Waals surface area contributed by atoms with Gasteiger partial charge in [-0.05, 0) is 45.4 Å². The Balaban J connectivity index is 2.40. The van der Waals surface area contributed by atoms with Crippen LogP contribution in [0.3, 0.4) is 0 Å². The first-order chi connectivity index (χ1) is 9.49. The first-order valence-corrected chi connectivity index (χ1v) is 8.57. The molecule has 0 saturated heterocycles. The molecule has 0 fully saturated rings. The zero-order valence-electron chi connectivity index (χ0n) is 13.5. The van der Waals surface area contributed by atoms with E-state index in [1.807, 2.05) is 11.3 Å². The molecule has 0 aliphatic heterocycles. The number of hydrogen-bond donors (Lipinski definition) is 1. The smallest absolute Gasteiger partial charge is 0.116 e. The van der Waals surface area contributed by atoms with E-state index < -0.39 is 0 Å². The summed E-state index contributed by atoms with van der Waals surface area (Å²) in [5.74, 6) is 0.442. The van der Waals surface area contributed by atoms with Crippen LogP contribution in [0.5, 0.6) is 0 Å². The van der Waals surface area contributed by atoms with E-state index in [4.69, 9.17) is 9.72 Å². The molecule has 1 unspecified atom stereocenters. The lowest BCUT2D eigenvalue weighted by Crippen LogP contribution is -2.53. The zero-order chi connectivity index (χ0) is 14.8. The molecular formula is C16H28N2OS. The lowest BCUT2D eigenvalue weighted by atomic mass is 9.86. The van der Waals surface area contributed by atoms with Crippen molar-refractivity contribution in [2.24, 2.45) is 5.92 Å². The Morgan fingerprint density at radius 1 is 1.25 bits per heavy atom. The number of rotatable bonds is 6. The van der Waals surface area contributed by atoms with E-state index in [-0.39, 0.29) is 5.54 Å². The first kappa shape index (κ1) is 15.9. The first-order valence-electron chi connectivity index (χ1n) is 7.75. The Bertz CT molecular complexity index is 418. The number of methoxy groups -OCH3 is 1. The molecule has 3 nitrogen and oxygen atoms in total. The highest BCUT2D eigenvalue weighted by Crippen LogP contribution is 2.37. The molecule has 0 saturated carbocycles. The van der Waals surface area contributed by atoms with Crippen LogP contribution in [0.1, 0.15) is 56.1 Å². The average Bonchev–Trinajstić information content (AvgIpc) is 2.81. The van der Waals surface area contributed by atoms with Gasteiger partial charge in [-0.1, -0.05) is 13.8 Å². The Morgan fingerprint density at radius 2 is 1.95 bits per heavy atom. The van der Waals surface area contributed by atoms with Gasteiger partial charge in [0, 0.05) is 18.0 Å². The van der Waals surface area contributed by atoms with Crippen LogP contribution in [0.25, 0.3) is 0 Å². The Hall–Kier alpha value is -0.450. The molecule has 1 aliphatic rings. The van der Waals surface area contributed by atoms with Gasteiger partial charge in [0.05, 0.1) is 17.8 Å². The quantitative estimate of drug-likeness (QED) is 0.872. The highest BCUT2D eigenvalue weighted by Gasteiger charge is 2.40. The van der Waals surface area contributed by atoms with Crippen LogP contribution in [-0.4, -0.2) is 24.7 Å². The lowest BCUT2D eigenvalue weighted by Gasteiger charge is -2.38. The second-order valence-corrected chi connectivity index (χ2v) is 7.54. The summed E-state index contributed by atoms with van der Waals surface area (Å²) < 4.78 is 5.56. The van der Waals surface area contributed by atoms with Crippen LogP contribution in [0.4, 0.5) is 0 Å². The summed E-state index contributed by atoms with van der Waals surface area (Å²) in [7, 11) is 1.78. The summed E-state index contributed by atoms with van der Waals surface area (Å²) in [6.07, 6.45) is 4.95. The van der Waals surface area contributed by atoms with Crippen molar-refractivity contribution in [3.8, 4) is 0 Å². The largest absolute Gasteiger partial charge is 0.382 e. The van der Waals surface area contributed by atoms with Crippen LogP contribution < -0.4 is 5.32 Å². The van der Waals surface area contributed by atoms with Gasteiger partial charge in [-0.25, -0.2) is 4.98 Å². The minimum atomic E-state index is -0.162. The van der Waals surface area contributed by atoms with E-state index in [0.717, 1.165) is 6.42 Å². The normalized spacial score (nSPS) is 18.4. The van der Waals surface area contributed by atoms with E-state index in [1.165, 1.54) is 34.8 Å². The molecule has 0 radical (unpaired) electrons. The number of nitrogens with zero attached hydrogens (tertiary/aromatic N) is 1. The van der Waals surface area contributed by atoms with Crippen molar-refractivity contribution in [1.29, 1.82) is 0 Å². The van der Waals surface area contributed by atoms with Crippen molar-refractivity contribution in [3.05, 3.63) is 15.6 Å². The molecule has 1 heterocycles. The molecule has 0 aromatic carbocycles. The Labute approximate surface area is 127 Å². The number of thiazole rings is 1. The molecule has 1 aromatic heterocycles. The summed E-state index contributed by atoms with van der Waals surface area (Å²) in [4.78, 5) is 6.49. The van der Waals surface area contributed by atoms with Gasteiger partial charge in [-0.3, -0.25) is 0 Å². The predicted octanol–water partition coefficient (Wildman–Crippen LogP) is 3.52. The van der Waals surface area contributed by atoms with Gasteiger partial charge in [-0.15, -0.1) is 11.3 Å². The van der Waals surface area contributed by atoms with Gasteiger partial charge >= 0.3 is 0 Å². The molecule has 2 rings (SSSR count). The van der Waals surface area contributed by atoms with Crippen LogP contribution in [-0.2, 0) is 23.1 Å². The molecule has 0 bridgehead atoms. The van der Waals surface area contributed by atoms with Crippen LogP contribution in [0.2, 0.25) is 0 Å². The van der Waals surface area contributed by atoms with Crippen LogP contribution in [0.15, 0.2) is 0 Å². The second-order valence-electron chi connectivity index (χ2n) is 6.45. The minimum absolute atomic E-state index is 0.162. The third-order valence-corrected chi connectivity index (χ3v) is 5.47. The second kappa shape index (κ2) is 6.54. The highest BCUT2D eigenvalue weighted by atomic mass is 32.1. The monoisotopic (exact) mass is 296 g/mol. The summed E-state index contributed by atoms with van der Waals surface area (Å²) in [5.41, 5.74) is 1.17. The van der Waals surface area contributed by atoms with E-state index in [2.05, 4.69) is 33.0 Å². The molecule has 114 valence electrons. The third-order valence-electron chi connectivity index (χ3n) is 4.13. The van der Waals surface area contributed by atoms with Crippen molar-refractivity contribution < 1.29 is 4.74 Å². The molecule has 0 amide bonds. The van der Waals surface area contributed by atoms with E-state index in [1.54, 1.807) is 7.11 Å². The number of aryl methyl sites for hydroxylation is 2. The molecule has 1 N–H and O–H groups in total. The fourth-order valence-corrected chi connectivity index (χ4v) is 4.47. The fourth-order valence-electron chi connectivity index (χ4n) is 3.03. The van der Waals surface area contributed by atoms with E-state index >= 15 is 0 Å². The van der Waals surface area contributed by atoms with Crippen molar-refractivity contribution in [1.82, 2.24) is 10.3 Å². The molecule has 1 atom stereocenters. The van der Waals surface area contributed by atoms with Gasteiger partial charge in [0.15, 0.2) is 0 Å². The molecule has 1 aliphatic carbocycles. The molecule has 4 heteroatoms. The van der Waals surface area contributed by atoms with E-state index in [9.17, 15) is 0 Å². The summed E-state index contributed by atoms with van der Waals surface area (Å²) >= 11 is 1.90. The van der Waals surface area contributed by atoms with E-state index in [0.29, 0.717) is 18.6 Å². The topological polar surface area (TPSA) is 34.1 Å². The van der Waals surface area contributed by atoms with Crippen molar-refractivity contribution >= 4 is 11.3 Å². The highest BCUT2D eigenvalue weighted by molar-refractivity contribution is 7.11. The number of ether oxygens (including phenoxy) is 1. The lowest BCUT2D eigenvalue weighted by molar-refractivity contribution is 0.0696. The third kappa shape index (κ3) is 3.07. The standard InChI is InChI=1S/C16H28N2OS/c1-11(2)16(10-19-5,18-12(3)4)15-17-13-8-6-7-9-14(13)20-15/h11-12,18H,6-10H2,1-5H3. The predicted molar refractivity (Wildman–Crippen MR) is 85.4 cm³/mol. The number of aromatic nitrogens is 1. The average molecular weight is 296 g/mol. The summed E-state index contributed by atoms with van der Waals surface area (Å²) in [6.45, 7) is 9.58. The van der Waals surface area contributed by atoms with Crippen LogP contribution in [0, 0.1) is 5.92 Å². The maximum Gasteiger partial charge on any atom is 0.116 e. The van der Waals surface area contributed by atoms with Gasteiger partial charge in [0.1, 0.15) is 5.01 Å². The Morgan fingerprint density at radius 3 is 2.50 bits per heavy atom. The maximum atomic E-state index is 5.56. The number of nitrogens with one attached hydrogen (secondary N) is 1. The summed E-state index contributed by atoms with van der Waals surface area (Å²) in [5, 5.41) is 4.96. The molecule has 1 aromatic rings. The van der Waals surface area contributed by atoms with Gasteiger partial charge in [-0.2, -0.15) is 0 Å². The number of fused-ring (bicyclic) bond motifs is 1. The van der Waals surface area contributed by atoms with Gasteiger partial charge in [0.2, 0.25) is 0 Å². The molecular weight excluding hydrogens is 268 g/mol. The van der Waals surface area contributed by atoms with Crippen LogP contribution >= 0.6 is 11.3 Å². The Kier molecular flexibility index (Phi) is 5.21.